The van der Waals surface area contributed by atoms with E-state index in [1.165, 1.54) is 0 Å². The van der Waals surface area contributed by atoms with Gasteiger partial charge >= 0.3 is 0 Å². The number of amides is 1. The summed E-state index contributed by atoms with van der Waals surface area (Å²) in [6.45, 7) is -0.0487. The number of ketones is 1. The molecule has 15 heavy (non-hydrogen) atoms. The Balaban J connectivity index is 2.83. The van der Waals surface area contributed by atoms with Gasteiger partial charge in [0.15, 0.2) is 5.78 Å². The van der Waals surface area contributed by atoms with Crippen LogP contribution in [-0.2, 0) is 4.79 Å². The first-order valence-electron chi connectivity index (χ1n) is 4.36. The average Bonchev–Trinajstić information content (AvgIpc) is 2.28. The van der Waals surface area contributed by atoms with E-state index >= 15 is 0 Å². The van der Waals surface area contributed by atoms with Crippen molar-refractivity contribution in [3.8, 4) is 0 Å². The van der Waals surface area contributed by atoms with Crippen molar-refractivity contribution >= 4 is 29.0 Å². The summed E-state index contributed by atoms with van der Waals surface area (Å²) in [5.41, 5.74) is 6.24. The van der Waals surface area contributed by atoms with Crippen molar-refractivity contribution in [1.29, 1.82) is 0 Å². The fourth-order valence-corrected chi connectivity index (χ4v) is 1.15. The third-order valence-electron chi connectivity index (χ3n) is 1.78. The molecule has 1 rings (SSSR count). The number of Topliss-reactive ketones (excluding diaryl/α,β-unsaturated/α-hetero) is 1. The second-order valence-corrected chi connectivity index (χ2v) is 3.16. The van der Waals surface area contributed by atoms with Gasteiger partial charge in [-0.15, -0.1) is 11.6 Å². The monoisotopic (exact) mass is 226 g/mol. The van der Waals surface area contributed by atoms with Gasteiger partial charge in [0.25, 0.3) is 0 Å². The molecule has 0 heterocycles. The van der Waals surface area contributed by atoms with Gasteiger partial charge in [-0.25, -0.2) is 0 Å². The van der Waals surface area contributed by atoms with Crippen LogP contribution in [0.15, 0.2) is 24.3 Å². The highest BCUT2D eigenvalue weighted by molar-refractivity contribution is 6.29. The maximum absolute atomic E-state index is 11.3. The molecule has 0 aromatic heterocycles. The summed E-state index contributed by atoms with van der Waals surface area (Å²) >= 11 is 5.33. The molecule has 0 atom stereocenters. The zero-order chi connectivity index (χ0) is 11.3. The molecule has 0 fully saturated rings. The fraction of sp³-hybridized carbons (Fsp3) is 0.200. The number of anilines is 1. The SMILES string of the molecule is NCC(=O)c1cccc(NC(=O)CCl)c1. The second-order valence-electron chi connectivity index (χ2n) is 2.89. The van der Waals surface area contributed by atoms with Gasteiger partial charge in [-0.2, -0.15) is 0 Å². The van der Waals surface area contributed by atoms with Crippen molar-refractivity contribution in [2.45, 2.75) is 0 Å². The first-order valence-corrected chi connectivity index (χ1v) is 4.90. The van der Waals surface area contributed by atoms with Gasteiger partial charge < -0.3 is 11.1 Å². The predicted molar refractivity (Wildman–Crippen MR) is 59.2 cm³/mol. The normalized spacial score (nSPS) is 9.73. The number of benzene rings is 1. The van der Waals surface area contributed by atoms with Crippen LogP contribution in [0.3, 0.4) is 0 Å². The Morgan fingerprint density at radius 1 is 1.40 bits per heavy atom. The molecule has 4 nitrogen and oxygen atoms in total. The highest BCUT2D eigenvalue weighted by atomic mass is 35.5. The van der Waals surface area contributed by atoms with Crippen molar-refractivity contribution in [2.75, 3.05) is 17.7 Å². The van der Waals surface area contributed by atoms with Gasteiger partial charge in [-0.3, -0.25) is 9.59 Å². The van der Waals surface area contributed by atoms with Crippen LogP contribution in [0.4, 0.5) is 5.69 Å². The van der Waals surface area contributed by atoms with Crippen LogP contribution in [0, 0.1) is 0 Å². The van der Waals surface area contributed by atoms with Gasteiger partial charge in [0.1, 0.15) is 5.88 Å². The molecule has 1 amide bonds. The van der Waals surface area contributed by atoms with E-state index in [1.54, 1.807) is 24.3 Å². The van der Waals surface area contributed by atoms with E-state index in [9.17, 15) is 9.59 Å². The standard InChI is InChI=1S/C10H11ClN2O2/c11-5-10(15)13-8-3-1-2-7(4-8)9(14)6-12/h1-4H,5-6,12H2,(H,13,15). The molecule has 0 spiro atoms. The molecule has 0 aliphatic rings. The summed E-state index contributed by atoms with van der Waals surface area (Å²) in [7, 11) is 0. The van der Waals surface area contributed by atoms with Crippen molar-refractivity contribution in [1.82, 2.24) is 0 Å². The van der Waals surface area contributed by atoms with Crippen molar-refractivity contribution < 1.29 is 9.59 Å². The smallest absolute Gasteiger partial charge is 0.239 e. The van der Waals surface area contributed by atoms with Crippen molar-refractivity contribution in [3.05, 3.63) is 29.8 Å². The minimum absolute atomic E-state index is 0.0487. The number of nitrogens with two attached hydrogens (primary N) is 1. The summed E-state index contributed by atoms with van der Waals surface area (Å²) in [6, 6.07) is 6.57. The third-order valence-corrected chi connectivity index (χ3v) is 2.02. The summed E-state index contributed by atoms with van der Waals surface area (Å²) in [5, 5.41) is 2.55. The molecule has 0 unspecified atom stereocenters. The number of hydrogen-bond donors (Lipinski definition) is 2. The molecule has 0 aliphatic carbocycles. The number of rotatable bonds is 4. The second kappa shape index (κ2) is 5.48. The zero-order valence-electron chi connectivity index (χ0n) is 8.00. The van der Waals surface area contributed by atoms with E-state index in [1.807, 2.05) is 0 Å². The third kappa shape index (κ3) is 3.34. The van der Waals surface area contributed by atoms with Crippen molar-refractivity contribution in [3.63, 3.8) is 0 Å². The number of hydrogen-bond acceptors (Lipinski definition) is 3. The Hall–Kier alpha value is -1.39. The molecule has 0 aliphatic heterocycles. The maximum Gasteiger partial charge on any atom is 0.239 e. The average molecular weight is 227 g/mol. The summed E-state index contributed by atoms with van der Waals surface area (Å²) in [4.78, 5) is 22.2. The van der Waals surface area contributed by atoms with E-state index in [-0.39, 0.29) is 24.1 Å². The first-order chi connectivity index (χ1) is 7.17. The number of nitrogens with one attached hydrogen (secondary N) is 1. The van der Waals surface area contributed by atoms with Crippen LogP contribution < -0.4 is 11.1 Å². The van der Waals surface area contributed by atoms with Crippen LogP contribution in [0.2, 0.25) is 0 Å². The van der Waals surface area contributed by atoms with Crippen LogP contribution in [0.5, 0.6) is 0 Å². The Bertz CT molecular complexity index is 379. The molecule has 1 aromatic carbocycles. The zero-order valence-corrected chi connectivity index (χ0v) is 8.75. The van der Waals surface area contributed by atoms with Crippen molar-refractivity contribution in [2.24, 2.45) is 5.73 Å². The quantitative estimate of drug-likeness (QED) is 0.595. The Labute approximate surface area is 92.4 Å². The minimum atomic E-state index is -0.311. The highest BCUT2D eigenvalue weighted by Crippen LogP contribution is 2.10. The fourth-order valence-electron chi connectivity index (χ4n) is 1.08. The predicted octanol–water partition coefficient (Wildman–Crippen LogP) is 1.01. The maximum atomic E-state index is 11.3. The van der Waals surface area contributed by atoms with Gasteiger partial charge in [-0.1, -0.05) is 12.1 Å². The molecule has 0 saturated heterocycles. The molecule has 1 aromatic rings. The lowest BCUT2D eigenvalue weighted by Crippen LogP contribution is -2.15. The molecular weight excluding hydrogens is 216 g/mol. The highest BCUT2D eigenvalue weighted by Gasteiger charge is 2.05. The van der Waals surface area contributed by atoms with E-state index in [0.717, 1.165) is 0 Å². The van der Waals surface area contributed by atoms with Gasteiger partial charge in [0, 0.05) is 11.3 Å². The van der Waals surface area contributed by atoms with Crippen LogP contribution in [0.25, 0.3) is 0 Å². The number of carbonyl (C=O) groups excluding carboxylic acids is 2. The first kappa shape index (κ1) is 11.7. The molecule has 80 valence electrons. The van der Waals surface area contributed by atoms with E-state index < -0.39 is 0 Å². The summed E-state index contributed by atoms with van der Waals surface area (Å²) < 4.78 is 0. The van der Waals surface area contributed by atoms with Crippen LogP contribution >= 0.6 is 11.6 Å². The molecule has 0 saturated carbocycles. The summed E-state index contributed by atoms with van der Waals surface area (Å²) in [5.74, 6) is -0.597. The van der Waals surface area contributed by atoms with Crippen LogP contribution in [-0.4, -0.2) is 24.1 Å². The van der Waals surface area contributed by atoms with E-state index in [2.05, 4.69) is 5.32 Å². The van der Waals surface area contributed by atoms with Gasteiger partial charge in [0.05, 0.1) is 6.54 Å². The van der Waals surface area contributed by atoms with E-state index in [0.29, 0.717) is 11.3 Å². The van der Waals surface area contributed by atoms with E-state index in [4.69, 9.17) is 17.3 Å². The lowest BCUT2D eigenvalue weighted by Gasteiger charge is -2.04. The molecule has 0 bridgehead atoms. The number of carbonyl (C=O) groups is 2. The Morgan fingerprint density at radius 2 is 2.13 bits per heavy atom. The lowest BCUT2D eigenvalue weighted by atomic mass is 10.1. The Kier molecular flexibility index (Phi) is 4.27. The summed E-state index contributed by atoms with van der Waals surface area (Å²) in [6.07, 6.45) is 0. The van der Waals surface area contributed by atoms with Gasteiger partial charge in [0.2, 0.25) is 5.91 Å². The molecule has 5 heteroatoms. The lowest BCUT2D eigenvalue weighted by molar-refractivity contribution is -0.113. The van der Waals surface area contributed by atoms with Crippen LogP contribution in [0.1, 0.15) is 10.4 Å². The Morgan fingerprint density at radius 3 is 2.73 bits per heavy atom. The molecular formula is C10H11ClN2O2. The topological polar surface area (TPSA) is 72.2 Å². The molecule has 0 radical (unpaired) electrons. The van der Waals surface area contributed by atoms with Gasteiger partial charge in [-0.05, 0) is 12.1 Å². The number of alkyl halides is 1. The minimum Gasteiger partial charge on any atom is -0.325 e. The molecule has 3 N–H and O–H groups in total. The largest absolute Gasteiger partial charge is 0.325 e. The number of halogens is 1.